The van der Waals surface area contributed by atoms with E-state index in [0.717, 1.165) is 18.0 Å². The Morgan fingerprint density at radius 2 is 1.95 bits per heavy atom. The van der Waals surface area contributed by atoms with Crippen LogP contribution in [0.3, 0.4) is 0 Å². The molecule has 3 heteroatoms. The Bertz CT molecular complexity index is 544. The summed E-state index contributed by atoms with van der Waals surface area (Å²) < 4.78 is 0. The summed E-state index contributed by atoms with van der Waals surface area (Å²) in [6.45, 7) is 8.03. The van der Waals surface area contributed by atoms with Crippen LogP contribution in [0.4, 0.5) is 0 Å². The van der Waals surface area contributed by atoms with E-state index in [4.69, 9.17) is 5.11 Å². The van der Waals surface area contributed by atoms with E-state index in [1.807, 2.05) is 12.1 Å². The van der Waals surface area contributed by atoms with Crippen LogP contribution in [-0.4, -0.2) is 17.1 Å². The van der Waals surface area contributed by atoms with Crippen LogP contribution in [0.5, 0.6) is 0 Å². The molecule has 2 aliphatic rings. The Hall–Kier alpha value is -1.35. The maximum atomic E-state index is 10.9. The van der Waals surface area contributed by atoms with Crippen LogP contribution in [-0.2, 0) is 6.54 Å². The molecule has 3 atom stereocenters. The predicted molar refractivity (Wildman–Crippen MR) is 83.3 cm³/mol. The van der Waals surface area contributed by atoms with E-state index < -0.39 is 5.97 Å². The lowest BCUT2D eigenvalue weighted by molar-refractivity contribution is 0.0697. The molecule has 1 aromatic carbocycles. The normalized spacial score (nSPS) is 33.3. The third-order valence-electron chi connectivity index (χ3n) is 5.98. The number of hydrogen-bond donors (Lipinski definition) is 2. The molecule has 21 heavy (non-hydrogen) atoms. The van der Waals surface area contributed by atoms with Crippen molar-refractivity contribution >= 4 is 5.97 Å². The van der Waals surface area contributed by atoms with Crippen molar-refractivity contribution in [3.05, 3.63) is 35.4 Å². The van der Waals surface area contributed by atoms with Crippen LogP contribution < -0.4 is 5.32 Å². The van der Waals surface area contributed by atoms with Gasteiger partial charge in [0, 0.05) is 12.6 Å². The molecule has 0 amide bonds. The Labute approximate surface area is 126 Å². The number of hydrogen-bond acceptors (Lipinski definition) is 2. The van der Waals surface area contributed by atoms with Crippen molar-refractivity contribution in [1.82, 2.24) is 5.32 Å². The van der Waals surface area contributed by atoms with Gasteiger partial charge >= 0.3 is 5.97 Å². The van der Waals surface area contributed by atoms with Crippen molar-refractivity contribution in [2.45, 2.75) is 52.6 Å². The number of carbonyl (C=O) groups is 1. The summed E-state index contributed by atoms with van der Waals surface area (Å²) in [6, 6.07) is 7.75. The molecule has 3 nitrogen and oxygen atoms in total. The van der Waals surface area contributed by atoms with Gasteiger partial charge in [0.05, 0.1) is 5.56 Å². The summed E-state index contributed by atoms with van der Waals surface area (Å²) in [4.78, 5) is 10.9. The number of rotatable bonds is 4. The van der Waals surface area contributed by atoms with Crippen LogP contribution >= 0.6 is 0 Å². The molecule has 0 radical (unpaired) electrons. The second-order valence-corrected chi connectivity index (χ2v) is 7.73. The van der Waals surface area contributed by atoms with Crippen molar-refractivity contribution < 1.29 is 9.90 Å². The van der Waals surface area contributed by atoms with Gasteiger partial charge in [-0.25, -0.2) is 4.79 Å². The van der Waals surface area contributed by atoms with Crippen molar-refractivity contribution in [3.8, 4) is 0 Å². The molecule has 1 aromatic rings. The Morgan fingerprint density at radius 3 is 2.48 bits per heavy atom. The fourth-order valence-corrected chi connectivity index (χ4v) is 4.80. The number of carboxylic acid groups (broad SMARTS) is 1. The first-order chi connectivity index (χ1) is 9.83. The molecule has 2 aliphatic carbocycles. The smallest absolute Gasteiger partial charge is 0.335 e. The topological polar surface area (TPSA) is 49.3 Å². The highest BCUT2D eigenvalue weighted by atomic mass is 16.4. The zero-order valence-electron chi connectivity index (χ0n) is 13.1. The lowest BCUT2D eigenvalue weighted by Crippen LogP contribution is -2.49. The zero-order valence-corrected chi connectivity index (χ0v) is 13.1. The van der Waals surface area contributed by atoms with Crippen molar-refractivity contribution in [2.24, 2.45) is 16.7 Å². The summed E-state index contributed by atoms with van der Waals surface area (Å²) in [5, 5.41) is 12.7. The Kier molecular flexibility index (Phi) is 3.36. The third-order valence-corrected chi connectivity index (χ3v) is 5.98. The van der Waals surface area contributed by atoms with Gasteiger partial charge in [-0.15, -0.1) is 0 Å². The van der Waals surface area contributed by atoms with E-state index >= 15 is 0 Å². The van der Waals surface area contributed by atoms with Crippen molar-refractivity contribution in [2.75, 3.05) is 0 Å². The molecule has 2 bridgehead atoms. The zero-order chi connectivity index (χ0) is 15.3. The maximum absolute atomic E-state index is 10.9. The molecule has 0 spiro atoms. The monoisotopic (exact) mass is 287 g/mol. The fourth-order valence-electron chi connectivity index (χ4n) is 4.80. The van der Waals surface area contributed by atoms with E-state index in [1.54, 1.807) is 12.1 Å². The molecule has 2 saturated carbocycles. The first kappa shape index (κ1) is 14.6. The Morgan fingerprint density at radius 1 is 1.29 bits per heavy atom. The first-order valence-corrected chi connectivity index (χ1v) is 7.88. The van der Waals surface area contributed by atoms with Gasteiger partial charge < -0.3 is 10.4 Å². The fraction of sp³-hybridized carbons (Fsp3) is 0.611. The molecule has 0 aromatic heterocycles. The van der Waals surface area contributed by atoms with Gasteiger partial charge in [0.2, 0.25) is 0 Å². The Balaban J connectivity index is 1.69. The first-order valence-electron chi connectivity index (χ1n) is 7.88. The molecule has 0 aliphatic heterocycles. The summed E-state index contributed by atoms with van der Waals surface area (Å²) in [6.07, 6.45) is 4.04. The molecule has 114 valence electrons. The molecule has 0 heterocycles. The predicted octanol–water partition coefficient (Wildman–Crippen LogP) is 3.69. The van der Waals surface area contributed by atoms with Gasteiger partial charge in [-0.2, -0.15) is 0 Å². The van der Waals surface area contributed by atoms with Crippen molar-refractivity contribution in [1.29, 1.82) is 0 Å². The van der Waals surface area contributed by atoms with Gasteiger partial charge in [0.1, 0.15) is 0 Å². The van der Waals surface area contributed by atoms with E-state index in [9.17, 15) is 4.79 Å². The minimum atomic E-state index is -0.865. The van der Waals surface area contributed by atoms with E-state index in [1.165, 1.54) is 19.3 Å². The number of aromatic carboxylic acids is 1. The van der Waals surface area contributed by atoms with Gasteiger partial charge in [-0.1, -0.05) is 32.9 Å². The largest absolute Gasteiger partial charge is 0.478 e. The molecular weight excluding hydrogens is 262 g/mol. The highest BCUT2D eigenvalue weighted by molar-refractivity contribution is 5.87. The highest BCUT2D eigenvalue weighted by Gasteiger charge is 2.58. The van der Waals surface area contributed by atoms with Crippen LogP contribution in [0.1, 0.15) is 56.0 Å². The molecule has 3 unspecified atom stereocenters. The van der Waals surface area contributed by atoms with Gasteiger partial charge in [-0.05, 0) is 53.7 Å². The van der Waals surface area contributed by atoms with Crippen LogP contribution in [0, 0.1) is 16.7 Å². The average Bonchev–Trinajstić information content (AvgIpc) is 2.90. The van der Waals surface area contributed by atoms with E-state index in [0.29, 0.717) is 22.4 Å². The van der Waals surface area contributed by atoms with Crippen LogP contribution in [0.15, 0.2) is 24.3 Å². The van der Waals surface area contributed by atoms with Crippen LogP contribution in [0.2, 0.25) is 0 Å². The third kappa shape index (κ3) is 2.38. The standard InChI is InChI=1S/C18H25NO2/c1-17(2)14-8-9-18(3,10-14)16(17)19-11-12-4-6-13(7-5-12)15(20)21/h4-7,14,16,19H,8-11H2,1-3H3,(H,20,21). The molecular formula is C18H25NO2. The SMILES string of the molecule is CC12CCC(C1)C(C)(C)C2NCc1ccc(C(=O)O)cc1. The lowest BCUT2D eigenvalue weighted by Gasteiger charge is -2.43. The minimum absolute atomic E-state index is 0.353. The highest BCUT2D eigenvalue weighted by Crippen LogP contribution is 2.62. The minimum Gasteiger partial charge on any atom is -0.478 e. The molecule has 2 fully saturated rings. The van der Waals surface area contributed by atoms with Gasteiger partial charge in [-0.3, -0.25) is 0 Å². The van der Waals surface area contributed by atoms with Crippen LogP contribution in [0.25, 0.3) is 0 Å². The summed E-state index contributed by atoms with van der Waals surface area (Å²) in [5.41, 5.74) is 2.29. The summed E-state index contributed by atoms with van der Waals surface area (Å²) in [7, 11) is 0. The second kappa shape index (κ2) is 4.84. The van der Waals surface area contributed by atoms with Gasteiger partial charge in [0.25, 0.3) is 0 Å². The molecule has 3 rings (SSSR count). The summed E-state index contributed by atoms with van der Waals surface area (Å²) >= 11 is 0. The molecule has 2 N–H and O–H groups in total. The molecule has 0 saturated heterocycles. The van der Waals surface area contributed by atoms with E-state index in [-0.39, 0.29) is 0 Å². The number of nitrogens with one attached hydrogen (secondary N) is 1. The lowest BCUT2D eigenvalue weighted by atomic mass is 9.68. The summed E-state index contributed by atoms with van der Waals surface area (Å²) in [5.74, 6) is -0.0226. The second-order valence-electron chi connectivity index (χ2n) is 7.73. The van der Waals surface area contributed by atoms with Crippen molar-refractivity contribution in [3.63, 3.8) is 0 Å². The van der Waals surface area contributed by atoms with E-state index in [2.05, 4.69) is 26.1 Å². The average molecular weight is 287 g/mol. The van der Waals surface area contributed by atoms with Gasteiger partial charge in [0.15, 0.2) is 0 Å². The number of fused-ring (bicyclic) bond motifs is 2. The maximum Gasteiger partial charge on any atom is 0.335 e. The number of carboxylic acids is 1. The number of benzene rings is 1. The quantitative estimate of drug-likeness (QED) is 0.888.